The highest BCUT2D eigenvalue weighted by Crippen LogP contribution is 2.21. The van der Waals surface area contributed by atoms with Gasteiger partial charge in [-0.1, -0.05) is 96.8 Å². The summed E-state index contributed by atoms with van der Waals surface area (Å²) in [6, 6.07) is -1.15. The SMILES string of the molecule is C[C@@H](CCCCNC(=O)COCCOCCNC(=O)COCCOCCCC(=O)CC[C@H](NC(=O)CCCCCCCCCCC(=O)O)C(=O)O)C(=O)C[C@@H](CCCCNC(=O)COCCOCCCC(=O)COCCOCCNC(=O)CC[C@H](CC(=O)CCCCCCCCCCC(=O)O)C(=O)O)C(=O)O. The van der Waals surface area contributed by atoms with E-state index < -0.39 is 47.7 Å². The van der Waals surface area contributed by atoms with Gasteiger partial charge in [-0.2, -0.15) is 0 Å². The third-order valence-corrected chi connectivity index (χ3v) is 17.1. The molecule has 5 amide bonds. The van der Waals surface area contributed by atoms with Crippen molar-refractivity contribution in [2.24, 2.45) is 17.8 Å². The van der Waals surface area contributed by atoms with Crippen molar-refractivity contribution < 1.29 is 131 Å². The topological polar surface area (TPSA) is 474 Å². The van der Waals surface area contributed by atoms with Crippen molar-refractivity contribution in [3.8, 4) is 0 Å². The van der Waals surface area contributed by atoms with Crippen molar-refractivity contribution in [1.29, 1.82) is 0 Å². The van der Waals surface area contributed by atoms with Crippen LogP contribution in [0.5, 0.6) is 0 Å². The van der Waals surface area contributed by atoms with E-state index in [1.165, 1.54) is 0 Å². The number of carbonyl (C=O) groups excluding carboxylic acids is 9. The van der Waals surface area contributed by atoms with E-state index in [-0.39, 0.29) is 248 Å². The number of ether oxygens (including phenoxy) is 8. The lowest BCUT2D eigenvalue weighted by Crippen LogP contribution is -2.41. The maximum absolute atomic E-state index is 12.9. The van der Waals surface area contributed by atoms with Crippen LogP contribution in [-0.2, 0) is 105 Å². The predicted molar refractivity (Wildman–Crippen MR) is 391 cm³/mol. The van der Waals surface area contributed by atoms with Crippen molar-refractivity contribution in [2.45, 2.75) is 244 Å². The number of rotatable bonds is 81. The van der Waals surface area contributed by atoms with Gasteiger partial charge in [0.25, 0.3) is 0 Å². The van der Waals surface area contributed by atoms with Gasteiger partial charge in [-0.05, 0) is 77.0 Å². The Morgan fingerprint density at radius 2 is 0.645 bits per heavy atom. The molecule has 0 rings (SSSR count). The largest absolute Gasteiger partial charge is 0.481 e. The molecule has 0 aliphatic carbocycles. The monoisotopic (exact) mass is 1530 g/mol. The van der Waals surface area contributed by atoms with E-state index in [1.54, 1.807) is 6.92 Å². The molecule has 0 spiro atoms. The Morgan fingerprint density at radius 3 is 1.10 bits per heavy atom. The molecule has 0 aromatic carbocycles. The lowest BCUT2D eigenvalue weighted by Gasteiger charge is -2.15. The van der Waals surface area contributed by atoms with Gasteiger partial charge in [0.15, 0.2) is 5.78 Å². The molecule has 32 heteroatoms. The average molecular weight is 1530 g/mol. The smallest absolute Gasteiger partial charge is 0.326 e. The minimum absolute atomic E-state index is 0.00154. The van der Waals surface area contributed by atoms with E-state index >= 15 is 0 Å². The van der Waals surface area contributed by atoms with Crippen LogP contribution in [0.4, 0.5) is 0 Å². The third-order valence-electron chi connectivity index (χ3n) is 17.1. The molecule has 0 aromatic heterocycles. The van der Waals surface area contributed by atoms with Gasteiger partial charge in [0.05, 0.1) is 77.9 Å². The number of amides is 5. The molecule has 0 fully saturated rings. The highest BCUT2D eigenvalue weighted by molar-refractivity contribution is 5.87. The molecule has 32 nitrogen and oxygen atoms in total. The maximum Gasteiger partial charge on any atom is 0.326 e. The second kappa shape index (κ2) is 70.7. The Balaban J connectivity index is 3.83. The van der Waals surface area contributed by atoms with Crippen LogP contribution < -0.4 is 26.6 Å². The van der Waals surface area contributed by atoms with E-state index in [0.717, 1.165) is 77.0 Å². The number of nitrogens with one attached hydrogen (secondary N) is 5. The maximum atomic E-state index is 12.9. The Bertz CT molecular complexity index is 2490. The first-order valence-corrected chi connectivity index (χ1v) is 38.7. The summed E-state index contributed by atoms with van der Waals surface area (Å²) in [6.45, 7) is 4.52. The number of aliphatic carboxylic acids is 5. The number of ketones is 4. The molecule has 0 saturated heterocycles. The first-order chi connectivity index (χ1) is 51.5. The summed E-state index contributed by atoms with van der Waals surface area (Å²) in [5, 5.41) is 59.6. The summed E-state index contributed by atoms with van der Waals surface area (Å²) >= 11 is 0. The number of carbonyl (C=O) groups is 14. The van der Waals surface area contributed by atoms with Gasteiger partial charge in [-0.3, -0.25) is 62.3 Å². The van der Waals surface area contributed by atoms with Crippen LogP contribution in [0.1, 0.15) is 238 Å². The summed E-state index contributed by atoms with van der Waals surface area (Å²) in [4.78, 5) is 167. The summed E-state index contributed by atoms with van der Waals surface area (Å²) in [7, 11) is 0. The van der Waals surface area contributed by atoms with Crippen LogP contribution in [0.2, 0.25) is 0 Å². The van der Waals surface area contributed by atoms with Crippen LogP contribution >= 0.6 is 0 Å². The Morgan fingerprint density at radius 1 is 0.271 bits per heavy atom. The van der Waals surface area contributed by atoms with Crippen molar-refractivity contribution in [3.63, 3.8) is 0 Å². The fraction of sp³-hybridized carbons (Fsp3) is 0.813. The normalized spacial score (nSPS) is 12.3. The van der Waals surface area contributed by atoms with Gasteiger partial charge in [0.1, 0.15) is 49.8 Å². The lowest BCUT2D eigenvalue weighted by molar-refractivity contribution is -0.144. The van der Waals surface area contributed by atoms with Crippen molar-refractivity contribution in [1.82, 2.24) is 26.6 Å². The molecular formula is C75H129N5O27. The molecule has 616 valence electrons. The molecule has 0 radical (unpaired) electrons. The Labute approximate surface area is 631 Å². The van der Waals surface area contributed by atoms with E-state index in [0.29, 0.717) is 96.7 Å². The molecule has 0 aliphatic heterocycles. The highest BCUT2D eigenvalue weighted by atomic mass is 16.5. The predicted octanol–water partition coefficient (Wildman–Crippen LogP) is 6.68. The van der Waals surface area contributed by atoms with Gasteiger partial charge >= 0.3 is 29.8 Å². The van der Waals surface area contributed by atoms with Crippen molar-refractivity contribution in [3.05, 3.63) is 0 Å². The first-order valence-electron chi connectivity index (χ1n) is 38.7. The minimum atomic E-state index is -1.20. The average Bonchev–Trinajstić information content (AvgIpc) is 0.934. The zero-order valence-electron chi connectivity index (χ0n) is 63.6. The van der Waals surface area contributed by atoms with Gasteiger partial charge in [0, 0.05) is 110 Å². The number of hydrogen-bond acceptors (Lipinski definition) is 22. The first kappa shape index (κ1) is 100. The second-order valence-corrected chi connectivity index (χ2v) is 26.7. The molecule has 107 heavy (non-hydrogen) atoms. The van der Waals surface area contributed by atoms with Gasteiger partial charge in [-0.25, -0.2) is 4.79 Å². The second-order valence-electron chi connectivity index (χ2n) is 26.7. The summed E-state index contributed by atoms with van der Waals surface area (Å²) in [6.07, 6.45) is 19.0. The molecular weight excluding hydrogens is 1400 g/mol. The van der Waals surface area contributed by atoms with Crippen molar-refractivity contribution in [2.75, 3.05) is 132 Å². The highest BCUT2D eigenvalue weighted by Gasteiger charge is 2.26. The van der Waals surface area contributed by atoms with E-state index in [2.05, 4.69) is 26.6 Å². The molecule has 0 heterocycles. The number of carboxylic acids is 5. The van der Waals surface area contributed by atoms with E-state index in [9.17, 15) is 82.4 Å². The van der Waals surface area contributed by atoms with E-state index in [1.807, 2.05) is 0 Å². The fourth-order valence-corrected chi connectivity index (χ4v) is 10.8. The summed E-state index contributed by atoms with van der Waals surface area (Å²) in [5.74, 6) is -9.38. The van der Waals surface area contributed by atoms with Crippen LogP contribution in [0.3, 0.4) is 0 Å². The van der Waals surface area contributed by atoms with Gasteiger partial charge in [0.2, 0.25) is 29.5 Å². The lowest BCUT2D eigenvalue weighted by atomic mass is 9.89. The molecule has 10 N–H and O–H groups in total. The van der Waals surface area contributed by atoms with Gasteiger partial charge in [-0.15, -0.1) is 0 Å². The standard InChI is InChI=1S/C75H129N5O27/c1-58(24-18-20-36-76-68(87)56-107-51-47-103-43-39-79-70(89)57-106-50-44-100-40-22-27-61(81)33-34-64(75(98)99)80-67(86)29-15-11-7-3-5-9-13-17-31-72(92)93)65(84)53-59(73(94)95)25-19-21-37-77-69(88)55-105-49-45-101-41-23-28-63(83)54-104-48-46-102-42-38-78-66(85)35-32-60(74(96)97)52-62(82)26-14-10-6-2-4-8-12-16-30-71(90)91/h58-60,64H,2-57H2,1H3,(H,76,87)(H,77,88)(H,78,85)(H,79,89)(H,80,86)(H,90,91)(H,92,93)(H,94,95)(H,96,97)(H,98,99)/t58-,59+,60+,64-/m0/s1. The third kappa shape index (κ3) is 68.1. The number of Topliss-reactive ketones (excluding diaryl/α,β-unsaturated/α-hetero) is 4. The molecule has 0 aliphatic rings. The molecule has 0 saturated carbocycles. The van der Waals surface area contributed by atoms with Crippen LogP contribution in [0.15, 0.2) is 0 Å². The van der Waals surface area contributed by atoms with Crippen molar-refractivity contribution >= 4 is 82.5 Å². The number of unbranched alkanes of at least 4 members (excludes halogenated alkanes) is 16. The summed E-state index contributed by atoms with van der Waals surface area (Å²) in [5.41, 5.74) is 0. The number of carboxylic acid groups (broad SMARTS) is 5. The minimum Gasteiger partial charge on any atom is -0.481 e. The van der Waals surface area contributed by atoms with Crippen LogP contribution in [0, 0.1) is 17.8 Å². The van der Waals surface area contributed by atoms with E-state index in [4.69, 9.17) is 48.1 Å². The molecule has 0 unspecified atom stereocenters. The summed E-state index contributed by atoms with van der Waals surface area (Å²) < 4.78 is 43.2. The number of hydrogen-bond donors (Lipinski definition) is 10. The van der Waals surface area contributed by atoms with Crippen LogP contribution in [-0.4, -0.2) is 246 Å². The fourth-order valence-electron chi connectivity index (χ4n) is 10.8. The zero-order chi connectivity index (χ0) is 79.2. The quantitative estimate of drug-likeness (QED) is 0.0284. The molecule has 0 aromatic rings. The van der Waals surface area contributed by atoms with Gasteiger partial charge < -0.3 is 90.0 Å². The Kier molecular flexibility index (Phi) is 66.1. The van der Waals surface area contributed by atoms with Crippen LogP contribution in [0.25, 0.3) is 0 Å². The molecule has 4 atom stereocenters. The zero-order valence-corrected chi connectivity index (χ0v) is 63.6. The Hall–Kier alpha value is -6.94. The molecule has 0 bridgehead atoms.